The van der Waals surface area contributed by atoms with Crippen molar-refractivity contribution in [2.45, 2.75) is 44.0 Å². The van der Waals surface area contributed by atoms with Crippen molar-refractivity contribution in [1.82, 2.24) is 19.4 Å². The summed E-state index contributed by atoms with van der Waals surface area (Å²) >= 11 is 1.77. The number of rotatable bonds is 7. The Morgan fingerprint density at radius 3 is 2.60 bits per heavy atom. The summed E-state index contributed by atoms with van der Waals surface area (Å²) in [4.78, 5) is 30.6. The van der Waals surface area contributed by atoms with Crippen LogP contribution in [0.15, 0.2) is 85.5 Å². The van der Waals surface area contributed by atoms with Crippen molar-refractivity contribution in [3.63, 3.8) is 0 Å². The smallest absolute Gasteiger partial charge is 0.407 e. The molecular formula is C33H31FN4O3S. The number of aromatic nitrogens is 3. The van der Waals surface area contributed by atoms with Crippen molar-refractivity contribution in [2.75, 3.05) is 6.54 Å². The van der Waals surface area contributed by atoms with Crippen LogP contribution in [-0.2, 0) is 17.0 Å². The minimum absolute atomic E-state index is 0.0467. The van der Waals surface area contributed by atoms with E-state index in [1.54, 1.807) is 30.1 Å². The highest BCUT2D eigenvalue weighted by Gasteiger charge is 2.30. The van der Waals surface area contributed by atoms with Crippen molar-refractivity contribution in [2.24, 2.45) is 0 Å². The van der Waals surface area contributed by atoms with Crippen molar-refractivity contribution >= 4 is 34.5 Å². The van der Waals surface area contributed by atoms with Gasteiger partial charge in [-0.3, -0.25) is 9.78 Å². The van der Waals surface area contributed by atoms with E-state index < -0.39 is 11.7 Å². The topological polar surface area (TPSA) is 78.1 Å². The average Bonchev–Trinajstić information content (AvgIpc) is 3.66. The maximum Gasteiger partial charge on any atom is 0.407 e. The van der Waals surface area contributed by atoms with Crippen LogP contribution in [0.3, 0.4) is 0 Å². The van der Waals surface area contributed by atoms with E-state index >= 15 is 0 Å². The van der Waals surface area contributed by atoms with Gasteiger partial charge < -0.3 is 19.2 Å². The minimum Gasteiger partial charge on any atom is -0.444 e. The van der Waals surface area contributed by atoms with Crippen LogP contribution in [0, 0.1) is 5.82 Å². The number of carbonyl (C=O) groups excluding carboxylic acids is 2. The van der Waals surface area contributed by atoms with E-state index in [2.05, 4.69) is 20.9 Å². The molecule has 0 radical (unpaired) electrons. The van der Waals surface area contributed by atoms with Crippen molar-refractivity contribution in [3.05, 3.63) is 114 Å². The Labute approximate surface area is 247 Å². The molecule has 1 amide bonds. The summed E-state index contributed by atoms with van der Waals surface area (Å²) in [6.45, 7) is 6.20. The van der Waals surface area contributed by atoms with Gasteiger partial charge in [0.1, 0.15) is 16.8 Å². The maximum atomic E-state index is 14.1. The lowest BCUT2D eigenvalue weighted by Gasteiger charge is -2.19. The fraction of sp³-hybridized carbons (Fsp3) is 0.242. The van der Waals surface area contributed by atoms with E-state index in [4.69, 9.17) is 4.74 Å². The predicted molar refractivity (Wildman–Crippen MR) is 163 cm³/mol. The molecule has 1 atom stereocenters. The fourth-order valence-electron chi connectivity index (χ4n) is 5.29. The van der Waals surface area contributed by atoms with Gasteiger partial charge in [-0.1, -0.05) is 30.3 Å². The Morgan fingerprint density at radius 1 is 1.07 bits per heavy atom. The van der Waals surface area contributed by atoms with Crippen LogP contribution < -0.4 is 5.32 Å². The molecule has 1 N–H and O–H groups in total. The molecule has 0 saturated heterocycles. The van der Waals surface area contributed by atoms with Gasteiger partial charge in [-0.25, -0.2) is 9.18 Å². The number of fused-ring (bicyclic) bond motifs is 2. The van der Waals surface area contributed by atoms with Crippen molar-refractivity contribution in [1.29, 1.82) is 0 Å². The van der Waals surface area contributed by atoms with Crippen molar-refractivity contribution in [3.8, 4) is 11.1 Å². The van der Waals surface area contributed by atoms with E-state index in [1.165, 1.54) is 12.1 Å². The fourth-order valence-corrected chi connectivity index (χ4v) is 6.60. The molecule has 214 valence electrons. The molecule has 2 aromatic carbocycles. The molecule has 0 bridgehead atoms. The summed E-state index contributed by atoms with van der Waals surface area (Å²) in [6.07, 6.45) is 6.98. The number of halogens is 1. The first kappa shape index (κ1) is 27.8. The Kier molecular flexibility index (Phi) is 7.36. The zero-order valence-electron chi connectivity index (χ0n) is 23.6. The molecule has 6 rings (SSSR count). The molecule has 0 saturated carbocycles. The largest absolute Gasteiger partial charge is 0.444 e. The number of hydrogen-bond acceptors (Lipinski definition) is 5. The maximum absolute atomic E-state index is 14.1. The second-order valence-corrected chi connectivity index (χ2v) is 12.3. The lowest BCUT2D eigenvalue weighted by atomic mass is 10.00. The van der Waals surface area contributed by atoms with Gasteiger partial charge in [-0.2, -0.15) is 0 Å². The number of thioether (sulfide) groups is 1. The number of benzene rings is 2. The minimum atomic E-state index is -0.597. The summed E-state index contributed by atoms with van der Waals surface area (Å²) in [7, 11) is 0. The molecule has 1 unspecified atom stereocenters. The summed E-state index contributed by atoms with van der Waals surface area (Å²) in [5.41, 5.74) is 5.40. The van der Waals surface area contributed by atoms with Crippen LogP contribution in [0.5, 0.6) is 0 Å². The monoisotopic (exact) mass is 582 g/mol. The molecule has 0 spiro atoms. The van der Waals surface area contributed by atoms with Crippen molar-refractivity contribution < 1.29 is 18.7 Å². The molecule has 7 nitrogen and oxygen atoms in total. The summed E-state index contributed by atoms with van der Waals surface area (Å²) < 4.78 is 23.1. The van der Waals surface area contributed by atoms with Gasteiger partial charge in [-0.05, 0) is 62.2 Å². The van der Waals surface area contributed by atoms with E-state index in [1.807, 2.05) is 74.3 Å². The Bertz CT molecular complexity index is 1770. The quantitative estimate of drug-likeness (QED) is 0.206. The molecule has 5 aromatic rings. The first-order valence-electron chi connectivity index (χ1n) is 13.8. The lowest BCUT2D eigenvalue weighted by Crippen LogP contribution is -2.34. The van der Waals surface area contributed by atoms with E-state index in [0.717, 1.165) is 39.0 Å². The first-order valence-corrected chi connectivity index (χ1v) is 14.8. The standard InChI is InChI=1S/C33H31FN4O3S/c1-33(2,3)41-32(40)36-14-16-37-19-27(25-11-8-22(17-28(25)37)21-6-9-24(34)10-7-21)30(39)26-12-15-38-29(26)20-42-31(38)23-5-4-13-35-18-23/h4-13,15,17-19,31H,14,16,20H2,1-3H3,(H,36,40). The molecule has 0 fully saturated rings. The number of nitrogens with zero attached hydrogens (tertiary/aromatic N) is 3. The van der Waals surface area contributed by atoms with Crippen LogP contribution >= 0.6 is 11.8 Å². The van der Waals surface area contributed by atoms with Crippen LogP contribution in [0.25, 0.3) is 22.0 Å². The van der Waals surface area contributed by atoms with Gasteiger partial charge in [0.15, 0.2) is 5.78 Å². The summed E-state index contributed by atoms with van der Waals surface area (Å²) in [5, 5.41) is 3.70. The Balaban J connectivity index is 1.34. The van der Waals surface area contributed by atoms with Crippen LogP contribution in [-0.4, -0.2) is 38.1 Å². The van der Waals surface area contributed by atoms with Crippen LogP contribution in [0.2, 0.25) is 0 Å². The van der Waals surface area contributed by atoms with E-state index in [-0.39, 0.29) is 17.0 Å². The third-order valence-corrected chi connectivity index (χ3v) is 8.45. The van der Waals surface area contributed by atoms with Gasteiger partial charge in [-0.15, -0.1) is 11.8 Å². The summed E-state index contributed by atoms with van der Waals surface area (Å²) in [5.74, 6) is 0.378. The Morgan fingerprint density at radius 2 is 1.86 bits per heavy atom. The van der Waals surface area contributed by atoms with Crippen LogP contribution in [0.1, 0.15) is 53.3 Å². The Hall–Kier alpha value is -4.37. The number of amides is 1. The van der Waals surface area contributed by atoms with Gasteiger partial charge in [0.2, 0.25) is 0 Å². The molecule has 0 aliphatic carbocycles. The SMILES string of the molecule is CC(C)(C)OC(=O)NCCn1cc(C(=O)c2ccn3c2CSC3c2cccnc2)c2ccc(-c3ccc(F)cc3)cc21. The van der Waals surface area contributed by atoms with Gasteiger partial charge in [0, 0.05) is 76.9 Å². The number of alkyl carbamates (subject to hydrolysis) is 1. The number of nitrogens with one attached hydrogen (secondary N) is 1. The van der Waals surface area contributed by atoms with E-state index in [9.17, 15) is 14.0 Å². The van der Waals surface area contributed by atoms with Crippen LogP contribution in [0.4, 0.5) is 9.18 Å². The molecule has 42 heavy (non-hydrogen) atoms. The normalized spacial score (nSPS) is 14.6. The zero-order chi connectivity index (χ0) is 29.4. The van der Waals surface area contributed by atoms with Gasteiger partial charge >= 0.3 is 6.09 Å². The van der Waals surface area contributed by atoms with Gasteiger partial charge in [0.05, 0.1) is 0 Å². The zero-order valence-corrected chi connectivity index (χ0v) is 24.5. The molecule has 3 aromatic heterocycles. The molecule has 9 heteroatoms. The van der Waals surface area contributed by atoms with E-state index in [0.29, 0.717) is 24.2 Å². The summed E-state index contributed by atoms with van der Waals surface area (Å²) in [6, 6.07) is 18.1. The second kappa shape index (κ2) is 11.1. The third kappa shape index (κ3) is 5.56. The first-order chi connectivity index (χ1) is 20.2. The highest BCUT2D eigenvalue weighted by atomic mass is 32.2. The average molecular weight is 583 g/mol. The number of pyridine rings is 1. The highest BCUT2D eigenvalue weighted by molar-refractivity contribution is 7.99. The number of hydrogen-bond donors (Lipinski definition) is 1. The lowest BCUT2D eigenvalue weighted by molar-refractivity contribution is 0.0526. The second-order valence-electron chi connectivity index (χ2n) is 11.3. The highest BCUT2D eigenvalue weighted by Crippen LogP contribution is 2.42. The predicted octanol–water partition coefficient (Wildman–Crippen LogP) is 7.19. The molecule has 1 aliphatic heterocycles. The molecular weight excluding hydrogens is 551 g/mol. The number of carbonyl (C=O) groups is 2. The molecule has 1 aliphatic rings. The van der Waals surface area contributed by atoms with Gasteiger partial charge in [0.25, 0.3) is 0 Å². The number of ketones is 1. The third-order valence-electron chi connectivity index (χ3n) is 7.19. The molecule has 4 heterocycles. The number of ether oxygens (including phenoxy) is 1.